The highest BCUT2D eigenvalue weighted by Gasteiger charge is 2.21. The lowest BCUT2D eigenvalue weighted by molar-refractivity contribution is -0.135. The SMILES string of the molecule is Cc1cc(F)c(F)c(OC(=O)CCCC(=O)NCCC(C)(C)C)c1F. The van der Waals surface area contributed by atoms with E-state index in [2.05, 4.69) is 30.8 Å². The second-order valence-corrected chi connectivity index (χ2v) is 7.12. The average Bonchev–Trinajstić information content (AvgIpc) is 2.48. The molecule has 0 saturated carbocycles. The molecule has 7 heteroatoms. The Kier molecular flexibility index (Phi) is 7.45. The predicted molar refractivity (Wildman–Crippen MR) is 87.6 cm³/mol. The highest BCUT2D eigenvalue weighted by atomic mass is 19.2. The van der Waals surface area contributed by atoms with Crippen LogP contribution in [-0.4, -0.2) is 18.4 Å². The minimum atomic E-state index is -1.55. The summed E-state index contributed by atoms with van der Waals surface area (Å²) in [5.41, 5.74) is -0.0613. The summed E-state index contributed by atoms with van der Waals surface area (Å²) in [7, 11) is 0. The monoisotopic (exact) mass is 359 g/mol. The molecule has 1 N–H and O–H groups in total. The van der Waals surface area contributed by atoms with Crippen LogP contribution in [0.5, 0.6) is 5.75 Å². The molecule has 0 atom stereocenters. The lowest BCUT2D eigenvalue weighted by Crippen LogP contribution is -2.27. The number of aryl methyl sites for hydroxylation is 1. The third-order valence-electron chi connectivity index (χ3n) is 3.50. The van der Waals surface area contributed by atoms with Crippen molar-refractivity contribution in [1.29, 1.82) is 0 Å². The van der Waals surface area contributed by atoms with Crippen LogP contribution in [0.1, 0.15) is 52.0 Å². The number of amides is 1. The van der Waals surface area contributed by atoms with Crippen molar-refractivity contribution >= 4 is 11.9 Å². The van der Waals surface area contributed by atoms with Crippen LogP contribution in [0.4, 0.5) is 13.2 Å². The van der Waals surface area contributed by atoms with E-state index in [1.807, 2.05) is 0 Å². The summed E-state index contributed by atoms with van der Waals surface area (Å²) in [6.45, 7) is 7.94. The van der Waals surface area contributed by atoms with Crippen molar-refractivity contribution in [3.05, 3.63) is 29.1 Å². The van der Waals surface area contributed by atoms with Crippen LogP contribution in [0.25, 0.3) is 0 Å². The van der Waals surface area contributed by atoms with Crippen molar-refractivity contribution in [2.45, 2.75) is 53.4 Å². The van der Waals surface area contributed by atoms with Gasteiger partial charge in [-0.25, -0.2) is 8.78 Å². The van der Waals surface area contributed by atoms with Crippen LogP contribution in [0, 0.1) is 29.8 Å². The van der Waals surface area contributed by atoms with Gasteiger partial charge in [-0.2, -0.15) is 4.39 Å². The molecule has 0 aliphatic heterocycles. The number of carbonyl (C=O) groups is 2. The third-order valence-corrected chi connectivity index (χ3v) is 3.50. The van der Waals surface area contributed by atoms with Gasteiger partial charge in [0.05, 0.1) is 0 Å². The Labute approximate surface area is 145 Å². The number of halogens is 3. The first kappa shape index (κ1) is 21.0. The Hall–Kier alpha value is -2.05. The molecule has 0 aliphatic rings. The maximum absolute atomic E-state index is 13.7. The Bertz CT molecular complexity index is 613. The Morgan fingerprint density at radius 2 is 1.76 bits per heavy atom. The summed E-state index contributed by atoms with van der Waals surface area (Å²) < 4.78 is 45.1. The molecule has 1 rings (SSSR count). The summed E-state index contributed by atoms with van der Waals surface area (Å²) >= 11 is 0. The maximum Gasteiger partial charge on any atom is 0.311 e. The fourth-order valence-corrected chi connectivity index (χ4v) is 2.01. The maximum atomic E-state index is 13.7. The largest absolute Gasteiger partial charge is 0.420 e. The van der Waals surface area contributed by atoms with E-state index in [0.29, 0.717) is 12.6 Å². The van der Waals surface area contributed by atoms with Gasteiger partial charge in [0, 0.05) is 19.4 Å². The van der Waals surface area contributed by atoms with Crippen LogP contribution in [0.3, 0.4) is 0 Å². The van der Waals surface area contributed by atoms with Crippen molar-refractivity contribution in [2.24, 2.45) is 5.41 Å². The van der Waals surface area contributed by atoms with Crippen LogP contribution in [-0.2, 0) is 9.59 Å². The number of hydrogen-bond donors (Lipinski definition) is 1. The van der Waals surface area contributed by atoms with Gasteiger partial charge in [0.25, 0.3) is 0 Å². The number of ether oxygens (including phenoxy) is 1. The zero-order chi connectivity index (χ0) is 19.2. The Morgan fingerprint density at radius 3 is 2.36 bits per heavy atom. The van der Waals surface area contributed by atoms with Gasteiger partial charge in [0.2, 0.25) is 17.5 Å². The first-order chi connectivity index (χ1) is 11.5. The molecule has 25 heavy (non-hydrogen) atoms. The molecule has 4 nitrogen and oxygen atoms in total. The zero-order valence-corrected chi connectivity index (χ0v) is 15.0. The predicted octanol–water partition coefficient (Wildman–Crippen LogP) is 4.04. The molecular weight excluding hydrogens is 335 g/mol. The molecule has 0 saturated heterocycles. The molecule has 1 amide bonds. The minimum Gasteiger partial charge on any atom is -0.420 e. The highest BCUT2D eigenvalue weighted by Crippen LogP contribution is 2.27. The van der Waals surface area contributed by atoms with Gasteiger partial charge in [0.1, 0.15) is 0 Å². The molecule has 0 radical (unpaired) electrons. The number of carbonyl (C=O) groups excluding carboxylic acids is 2. The summed E-state index contributed by atoms with van der Waals surface area (Å²) in [6.07, 6.45) is 0.865. The average molecular weight is 359 g/mol. The van der Waals surface area contributed by atoms with Gasteiger partial charge < -0.3 is 10.1 Å². The molecule has 0 fully saturated rings. The first-order valence-corrected chi connectivity index (χ1v) is 8.13. The lowest BCUT2D eigenvalue weighted by atomic mass is 9.92. The quantitative estimate of drug-likeness (QED) is 0.454. The van der Waals surface area contributed by atoms with E-state index in [1.54, 1.807) is 0 Å². The van der Waals surface area contributed by atoms with E-state index in [0.717, 1.165) is 6.42 Å². The minimum absolute atomic E-state index is 0.0897. The normalized spacial score (nSPS) is 11.3. The number of benzene rings is 1. The summed E-state index contributed by atoms with van der Waals surface area (Å²) in [4.78, 5) is 23.3. The second-order valence-electron chi connectivity index (χ2n) is 7.12. The van der Waals surface area contributed by atoms with Crippen molar-refractivity contribution in [1.82, 2.24) is 5.32 Å². The van der Waals surface area contributed by atoms with Crippen LogP contribution >= 0.6 is 0 Å². The topological polar surface area (TPSA) is 55.4 Å². The van der Waals surface area contributed by atoms with E-state index in [9.17, 15) is 22.8 Å². The van der Waals surface area contributed by atoms with Gasteiger partial charge in [-0.15, -0.1) is 0 Å². The standard InChI is InChI=1S/C18H24F3NO3/c1-11-10-12(19)16(21)17(15(11)20)25-14(24)7-5-6-13(23)22-9-8-18(2,3)4/h10H,5-9H2,1-4H3,(H,22,23). The van der Waals surface area contributed by atoms with Crippen molar-refractivity contribution in [3.63, 3.8) is 0 Å². The van der Waals surface area contributed by atoms with E-state index in [-0.39, 0.29) is 36.1 Å². The molecule has 0 spiro atoms. The number of rotatable bonds is 7. The van der Waals surface area contributed by atoms with Crippen LogP contribution in [0.2, 0.25) is 0 Å². The third kappa shape index (κ3) is 7.15. The second kappa shape index (κ2) is 8.87. The molecule has 1 aromatic rings. The molecule has 140 valence electrons. The smallest absolute Gasteiger partial charge is 0.311 e. The molecular formula is C18H24F3NO3. The first-order valence-electron chi connectivity index (χ1n) is 8.13. The van der Waals surface area contributed by atoms with Crippen LogP contribution < -0.4 is 10.1 Å². The van der Waals surface area contributed by atoms with Crippen molar-refractivity contribution in [2.75, 3.05) is 6.54 Å². The van der Waals surface area contributed by atoms with Gasteiger partial charge >= 0.3 is 5.97 Å². The fourth-order valence-electron chi connectivity index (χ4n) is 2.01. The van der Waals surface area contributed by atoms with Gasteiger partial charge in [0.15, 0.2) is 11.6 Å². The van der Waals surface area contributed by atoms with E-state index in [4.69, 9.17) is 0 Å². The van der Waals surface area contributed by atoms with Crippen molar-refractivity contribution < 1.29 is 27.5 Å². The van der Waals surface area contributed by atoms with E-state index >= 15 is 0 Å². The number of esters is 1. The van der Waals surface area contributed by atoms with Gasteiger partial charge in [-0.05, 0) is 36.8 Å². The number of hydrogen-bond acceptors (Lipinski definition) is 3. The van der Waals surface area contributed by atoms with Crippen LogP contribution in [0.15, 0.2) is 6.07 Å². The Balaban J connectivity index is 2.43. The molecule has 0 aromatic heterocycles. The Morgan fingerprint density at radius 1 is 1.12 bits per heavy atom. The van der Waals surface area contributed by atoms with Crippen molar-refractivity contribution in [3.8, 4) is 5.75 Å². The molecule has 0 unspecified atom stereocenters. The van der Waals surface area contributed by atoms with Gasteiger partial charge in [-0.3, -0.25) is 9.59 Å². The molecule has 1 aromatic carbocycles. The summed E-state index contributed by atoms with van der Waals surface area (Å²) in [5.74, 6) is -6.14. The molecule has 0 aliphatic carbocycles. The fraction of sp³-hybridized carbons (Fsp3) is 0.556. The highest BCUT2D eigenvalue weighted by molar-refractivity contribution is 5.77. The number of nitrogens with one attached hydrogen (secondary N) is 1. The van der Waals surface area contributed by atoms with E-state index < -0.39 is 29.2 Å². The summed E-state index contributed by atoms with van der Waals surface area (Å²) in [5, 5.41) is 2.74. The van der Waals surface area contributed by atoms with E-state index in [1.165, 1.54) is 6.92 Å². The zero-order valence-electron chi connectivity index (χ0n) is 15.0. The summed E-state index contributed by atoms with van der Waals surface area (Å²) in [6, 6.07) is 0.684. The molecule has 0 bridgehead atoms. The lowest BCUT2D eigenvalue weighted by Gasteiger charge is -2.17. The van der Waals surface area contributed by atoms with Gasteiger partial charge in [-0.1, -0.05) is 20.8 Å². The molecule has 0 heterocycles.